The normalized spacial score (nSPS) is 14.8. The molecule has 1 aromatic carbocycles. The molecule has 1 saturated carbocycles. The maximum atomic E-state index is 11.7. The summed E-state index contributed by atoms with van der Waals surface area (Å²) < 4.78 is 0. The average molecular weight is 320 g/mol. The summed E-state index contributed by atoms with van der Waals surface area (Å²) in [7, 11) is 0. The fraction of sp³-hybridized carbons (Fsp3) is 0.529. The molecule has 0 atom stereocenters. The van der Waals surface area contributed by atoms with Crippen LogP contribution in [0.2, 0.25) is 0 Å². The van der Waals surface area contributed by atoms with Gasteiger partial charge in [0.25, 0.3) is 0 Å². The van der Waals surface area contributed by atoms with Crippen molar-refractivity contribution in [1.82, 2.24) is 10.9 Å². The van der Waals surface area contributed by atoms with Crippen LogP contribution in [0.5, 0.6) is 0 Å². The standard InChI is InChI=1S/C17H24N2O2S/c1-13-6-9-15(10-7-13)22-12-17(21)19-18-16(20)11-8-14-4-2-3-5-14/h6-7,9-10,14H,2-5,8,11-12H2,1H3,(H,18,20)(H,19,21). The van der Waals surface area contributed by atoms with Gasteiger partial charge in [0.2, 0.25) is 11.8 Å². The zero-order valence-electron chi connectivity index (χ0n) is 13.1. The first kappa shape index (κ1) is 16.9. The smallest absolute Gasteiger partial charge is 0.248 e. The number of rotatable bonds is 6. The zero-order valence-corrected chi connectivity index (χ0v) is 13.9. The van der Waals surface area contributed by atoms with E-state index in [0.717, 1.165) is 11.3 Å². The fourth-order valence-electron chi connectivity index (χ4n) is 2.66. The quantitative estimate of drug-likeness (QED) is 0.625. The van der Waals surface area contributed by atoms with Crippen LogP contribution in [0, 0.1) is 12.8 Å². The lowest BCUT2D eigenvalue weighted by molar-refractivity contribution is -0.127. The van der Waals surface area contributed by atoms with Crippen molar-refractivity contribution in [3.8, 4) is 0 Å². The molecule has 1 fully saturated rings. The van der Waals surface area contributed by atoms with Crippen LogP contribution in [0.3, 0.4) is 0 Å². The Bertz CT molecular complexity index is 496. The van der Waals surface area contributed by atoms with Crippen LogP contribution in [-0.2, 0) is 9.59 Å². The topological polar surface area (TPSA) is 58.2 Å². The Kier molecular flexibility index (Phi) is 6.77. The van der Waals surface area contributed by atoms with Gasteiger partial charge in [-0.1, -0.05) is 43.4 Å². The van der Waals surface area contributed by atoms with E-state index in [0.29, 0.717) is 18.1 Å². The van der Waals surface area contributed by atoms with Gasteiger partial charge in [0, 0.05) is 11.3 Å². The molecule has 4 nitrogen and oxygen atoms in total. The SMILES string of the molecule is Cc1ccc(SCC(=O)NNC(=O)CCC2CCCC2)cc1. The van der Waals surface area contributed by atoms with Crippen LogP contribution in [-0.4, -0.2) is 17.6 Å². The summed E-state index contributed by atoms with van der Waals surface area (Å²) >= 11 is 1.46. The van der Waals surface area contributed by atoms with Crippen molar-refractivity contribution in [2.45, 2.75) is 50.3 Å². The Morgan fingerprint density at radius 1 is 1.09 bits per heavy atom. The second-order valence-electron chi connectivity index (χ2n) is 5.89. The molecule has 0 bridgehead atoms. The van der Waals surface area contributed by atoms with Crippen LogP contribution < -0.4 is 10.9 Å². The first-order valence-corrected chi connectivity index (χ1v) is 8.89. The van der Waals surface area contributed by atoms with Gasteiger partial charge in [0.05, 0.1) is 5.75 Å². The Morgan fingerprint density at radius 2 is 1.73 bits per heavy atom. The average Bonchev–Trinajstić information content (AvgIpc) is 3.04. The van der Waals surface area contributed by atoms with Gasteiger partial charge in [-0.3, -0.25) is 20.4 Å². The third-order valence-corrected chi connectivity index (χ3v) is 5.00. The predicted molar refractivity (Wildman–Crippen MR) is 89.4 cm³/mol. The molecule has 120 valence electrons. The van der Waals surface area contributed by atoms with Crippen LogP contribution in [0.25, 0.3) is 0 Å². The van der Waals surface area contributed by atoms with E-state index in [1.807, 2.05) is 31.2 Å². The highest BCUT2D eigenvalue weighted by atomic mass is 32.2. The number of nitrogens with one attached hydrogen (secondary N) is 2. The summed E-state index contributed by atoms with van der Waals surface area (Å²) in [4.78, 5) is 24.4. The highest BCUT2D eigenvalue weighted by molar-refractivity contribution is 8.00. The van der Waals surface area contributed by atoms with Crippen molar-refractivity contribution in [1.29, 1.82) is 0 Å². The van der Waals surface area contributed by atoms with Crippen molar-refractivity contribution in [2.75, 3.05) is 5.75 Å². The number of carbonyl (C=O) groups is 2. The van der Waals surface area contributed by atoms with Gasteiger partial charge >= 0.3 is 0 Å². The Balaban J connectivity index is 1.58. The van der Waals surface area contributed by atoms with Crippen LogP contribution in [0.4, 0.5) is 0 Å². The third kappa shape index (κ3) is 6.10. The lowest BCUT2D eigenvalue weighted by atomic mass is 10.0. The highest BCUT2D eigenvalue weighted by Gasteiger charge is 2.16. The van der Waals surface area contributed by atoms with Crippen LogP contribution in [0.15, 0.2) is 29.2 Å². The number of hydrogen-bond donors (Lipinski definition) is 2. The Hall–Kier alpha value is -1.49. The first-order chi connectivity index (χ1) is 10.6. The van der Waals surface area contributed by atoms with Gasteiger partial charge in [0.15, 0.2) is 0 Å². The predicted octanol–water partition coefficient (Wildman–Crippen LogP) is 3.20. The molecule has 22 heavy (non-hydrogen) atoms. The van der Waals surface area contributed by atoms with E-state index in [1.165, 1.54) is 43.0 Å². The number of amides is 2. The minimum Gasteiger partial charge on any atom is -0.273 e. The lowest BCUT2D eigenvalue weighted by Crippen LogP contribution is -2.42. The zero-order chi connectivity index (χ0) is 15.8. The number of hydrazine groups is 1. The van der Waals surface area contributed by atoms with Gasteiger partial charge in [0.1, 0.15) is 0 Å². The first-order valence-electron chi connectivity index (χ1n) is 7.90. The second-order valence-corrected chi connectivity index (χ2v) is 6.94. The van der Waals surface area contributed by atoms with E-state index in [1.54, 1.807) is 0 Å². The molecule has 0 heterocycles. The van der Waals surface area contributed by atoms with E-state index >= 15 is 0 Å². The summed E-state index contributed by atoms with van der Waals surface area (Å²) in [5.74, 6) is 0.713. The molecular weight excluding hydrogens is 296 g/mol. The van der Waals surface area contributed by atoms with E-state index in [2.05, 4.69) is 10.9 Å². The molecule has 0 saturated heterocycles. The van der Waals surface area contributed by atoms with Gasteiger partial charge in [-0.15, -0.1) is 11.8 Å². The summed E-state index contributed by atoms with van der Waals surface area (Å²) in [5, 5.41) is 0. The molecule has 2 amide bonds. The molecular formula is C17H24N2O2S. The van der Waals surface area contributed by atoms with Crippen molar-refractivity contribution in [3.05, 3.63) is 29.8 Å². The molecule has 0 aromatic heterocycles. The fourth-order valence-corrected chi connectivity index (χ4v) is 3.35. The molecule has 1 aromatic rings. The van der Waals surface area contributed by atoms with E-state index in [4.69, 9.17) is 0 Å². The van der Waals surface area contributed by atoms with Gasteiger partial charge in [-0.25, -0.2) is 0 Å². The summed E-state index contributed by atoms with van der Waals surface area (Å²) in [6, 6.07) is 8.02. The van der Waals surface area contributed by atoms with Crippen molar-refractivity contribution < 1.29 is 9.59 Å². The lowest BCUT2D eigenvalue weighted by Gasteiger charge is -2.10. The minimum atomic E-state index is -0.181. The van der Waals surface area contributed by atoms with E-state index < -0.39 is 0 Å². The largest absolute Gasteiger partial charge is 0.273 e. The van der Waals surface area contributed by atoms with Gasteiger partial charge < -0.3 is 0 Å². The Morgan fingerprint density at radius 3 is 2.41 bits per heavy atom. The van der Waals surface area contributed by atoms with E-state index in [9.17, 15) is 9.59 Å². The second kappa shape index (κ2) is 8.83. The summed E-state index contributed by atoms with van der Waals surface area (Å²) in [6.45, 7) is 2.03. The van der Waals surface area contributed by atoms with E-state index in [-0.39, 0.29) is 11.8 Å². The molecule has 2 N–H and O–H groups in total. The molecule has 0 unspecified atom stereocenters. The summed E-state index contributed by atoms with van der Waals surface area (Å²) in [5.41, 5.74) is 6.18. The molecule has 0 spiro atoms. The van der Waals surface area contributed by atoms with Crippen LogP contribution in [0.1, 0.15) is 44.1 Å². The van der Waals surface area contributed by atoms with Crippen molar-refractivity contribution in [3.63, 3.8) is 0 Å². The van der Waals surface area contributed by atoms with Gasteiger partial charge in [-0.05, 0) is 31.4 Å². The number of hydrogen-bond acceptors (Lipinski definition) is 3. The number of aryl methyl sites for hydroxylation is 1. The molecule has 0 aliphatic heterocycles. The monoisotopic (exact) mass is 320 g/mol. The number of benzene rings is 1. The summed E-state index contributed by atoms with van der Waals surface area (Å²) in [6.07, 6.45) is 6.49. The van der Waals surface area contributed by atoms with Crippen molar-refractivity contribution >= 4 is 23.6 Å². The molecule has 1 aliphatic rings. The molecule has 1 aliphatic carbocycles. The van der Waals surface area contributed by atoms with Crippen molar-refractivity contribution in [2.24, 2.45) is 5.92 Å². The van der Waals surface area contributed by atoms with Gasteiger partial charge in [-0.2, -0.15) is 0 Å². The maximum absolute atomic E-state index is 11.7. The number of thioether (sulfide) groups is 1. The third-order valence-electron chi connectivity index (χ3n) is 3.99. The Labute approximate surface area is 136 Å². The maximum Gasteiger partial charge on any atom is 0.248 e. The minimum absolute atomic E-state index is 0.0967. The molecule has 0 radical (unpaired) electrons. The number of carbonyl (C=O) groups excluding carboxylic acids is 2. The highest BCUT2D eigenvalue weighted by Crippen LogP contribution is 2.28. The van der Waals surface area contributed by atoms with Crippen LogP contribution >= 0.6 is 11.8 Å². The molecule has 5 heteroatoms. The molecule has 2 rings (SSSR count).